The summed E-state index contributed by atoms with van der Waals surface area (Å²) in [5, 5.41) is 11.3. The van der Waals surface area contributed by atoms with Crippen molar-refractivity contribution in [3.05, 3.63) is 0 Å². The van der Waals surface area contributed by atoms with Crippen molar-refractivity contribution >= 4 is 22.0 Å². The fraction of sp³-hybridized carbons (Fsp3) is 0.833. The molecule has 0 aromatic rings. The van der Waals surface area contributed by atoms with Crippen LogP contribution in [0, 0.1) is 5.92 Å². The Hall–Kier alpha value is -1.19. The number of nitrogens with zero attached hydrogens (tertiary/aromatic N) is 1. The highest BCUT2D eigenvalue weighted by Crippen LogP contribution is 2.19. The zero-order valence-electron chi connectivity index (χ0n) is 12.1. The van der Waals surface area contributed by atoms with Gasteiger partial charge < -0.3 is 15.2 Å². The maximum Gasteiger partial charge on any atom is 0.317 e. The summed E-state index contributed by atoms with van der Waals surface area (Å²) in [7, 11) is -2.25. The van der Waals surface area contributed by atoms with Crippen LogP contribution in [-0.2, 0) is 24.3 Å². The molecule has 1 aliphatic rings. The highest BCUT2D eigenvalue weighted by atomic mass is 32.2. The zero-order chi connectivity index (χ0) is 15.9. The van der Waals surface area contributed by atoms with E-state index in [-0.39, 0.29) is 24.6 Å². The van der Waals surface area contributed by atoms with E-state index in [0.29, 0.717) is 19.6 Å². The Morgan fingerprint density at radius 3 is 2.76 bits per heavy atom. The van der Waals surface area contributed by atoms with Gasteiger partial charge in [0.05, 0.1) is 25.8 Å². The van der Waals surface area contributed by atoms with Crippen LogP contribution in [0.1, 0.15) is 19.3 Å². The Bertz CT molecular complexity index is 464. The predicted molar refractivity (Wildman–Crippen MR) is 75.2 cm³/mol. The number of aliphatic carboxylic acids is 1. The third-order valence-electron chi connectivity index (χ3n) is 3.38. The lowest BCUT2D eigenvalue weighted by atomic mass is 10.00. The van der Waals surface area contributed by atoms with Crippen LogP contribution in [0.5, 0.6) is 0 Å². The summed E-state index contributed by atoms with van der Waals surface area (Å²) in [5.74, 6) is -1.65. The summed E-state index contributed by atoms with van der Waals surface area (Å²) in [5.41, 5.74) is 0. The van der Waals surface area contributed by atoms with Crippen LogP contribution < -0.4 is 5.32 Å². The van der Waals surface area contributed by atoms with Crippen molar-refractivity contribution in [1.29, 1.82) is 0 Å². The molecule has 0 spiro atoms. The van der Waals surface area contributed by atoms with Gasteiger partial charge in [-0.05, 0) is 25.3 Å². The quantitative estimate of drug-likeness (QED) is 0.566. The topological polar surface area (TPSA) is 113 Å². The standard InChI is InChI=1S/C12H22N2O6S/c1-20-12(17)4-6-21(18,19)14-5-2-3-10(9-14)7-13-8-11(15)16/h10,13H,2-9H2,1H3,(H,15,16). The van der Waals surface area contributed by atoms with Crippen molar-refractivity contribution in [1.82, 2.24) is 9.62 Å². The van der Waals surface area contributed by atoms with Gasteiger partial charge in [-0.25, -0.2) is 12.7 Å². The van der Waals surface area contributed by atoms with Crippen LogP contribution in [0.2, 0.25) is 0 Å². The summed E-state index contributed by atoms with van der Waals surface area (Å²) in [6.45, 7) is 1.13. The van der Waals surface area contributed by atoms with E-state index in [1.807, 2.05) is 0 Å². The molecule has 122 valence electrons. The van der Waals surface area contributed by atoms with E-state index in [0.717, 1.165) is 12.8 Å². The van der Waals surface area contributed by atoms with Gasteiger partial charge in [0, 0.05) is 13.1 Å². The fourth-order valence-corrected chi connectivity index (χ4v) is 3.80. The van der Waals surface area contributed by atoms with Gasteiger partial charge in [-0.3, -0.25) is 9.59 Å². The van der Waals surface area contributed by atoms with Crippen molar-refractivity contribution in [3.8, 4) is 0 Å². The summed E-state index contributed by atoms with van der Waals surface area (Å²) >= 11 is 0. The van der Waals surface area contributed by atoms with Crippen molar-refractivity contribution in [2.45, 2.75) is 19.3 Å². The average Bonchev–Trinajstić information content (AvgIpc) is 2.45. The molecule has 0 amide bonds. The van der Waals surface area contributed by atoms with Crippen molar-refractivity contribution < 1.29 is 27.9 Å². The number of carbonyl (C=O) groups excluding carboxylic acids is 1. The van der Waals surface area contributed by atoms with Gasteiger partial charge in [0.1, 0.15) is 0 Å². The molecule has 1 aliphatic heterocycles. The second-order valence-electron chi connectivity index (χ2n) is 5.03. The minimum absolute atomic E-state index is 0.0889. The molecule has 0 bridgehead atoms. The van der Waals surface area contributed by atoms with Crippen LogP contribution in [-0.4, -0.2) is 68.8 Å². The summed E-state index contributed by atoms with van der Waals surface area (Å²) in [6, 6.07) is 0. The van der Waals surface area contributed by atoms with Crippen molar-refractivity contribution in [2.24, 2.45) is 5.92 Å². The Morgan fingerprint density at radius 2 is 2.14 bits per heavy atom. The van der Waals surface area contributed by atoms with Crippen molar-refractivity contribution in [3.63, 3.8) is 0 Å². The number of carboxylic acids is 1. The molecule has 1 fully saturated rings. The lowest BCUT2D eigenvalue weighted by Crippen LogP contribution is -2.44. The van der Waals surface area contributed by atoms with E-state index < -0.39 is 22.0 Å². The number of esters is 1. The van der Waals surface area contributed by atoms with Gasteiger partial charge in [-0.15, -0.1) is 0 Å². The monoisotopic (exact) mass is 322 g/mol. The first-order chi connectivity index (χ1) is 9.85. The van der Waals surface area contributed by atoms with Gasteiger partial charge in [0.2, 0.25) is 10.0 Å². The maximum absolute atomic E-state index is 12.1. The minimum Gasteiger partial charge on any atom is -0.480 e. The second kappa shape index (κ2) is 8.30. The first-order valence-corrected chi connectivity index (χ1v) is 8.43. The van der Waals surface area contributed by atoms with Gasteiger partial charge in [-0.1, -0.05) is 0 Å². The second-order valence-corrected chi connectivity index (χ2v) is 7.12. The Labute approximate surface area is 124 Å². The zero-order valence-corrected chi connectivity index (χ0v) is 12.9. The number of methoxy groups -OCH3 is 1. The molecule has 21 heavy (non-hydrogen) atoms. The summed E-state index contributed by atoms with van der Waals surface area (Å²) < 4.78 is 30.1. The average molecular weight is 322 g/mol. The molecule has 1 rings (SSSR count). The summed E-state index contributed by atoms with van der Waals surface area (Å²) in [6.07, 6.45) is 1.43. The fourth-order valence-electron chi connectivity index (χ4n) is 2.27. The Morgan fingerprint density at radius 1 is 1.43 bits per heavy atom. The van der Waals surface area contributed by atoms with Crippen LogP contribution in [0.4, 0.5) is 0 Å². The predicted octanol–water partition coefficient (Wildman–Crippen LogP) is -0.734. The molecule has 1 atom stereocenters. The van der Waals surface area contributed by atoms with Crippen LogP contribution >= 0.6 is 0 Å². The highest BCUT2D eigenvalue weighted by Gasteiger charge is 2.29. The number of nitrogens with one attached hydrogen (secondary N) is 1. The summed E-state index contributed by atoms with van der Waals surface area (Å²) in [4.78, 5) is 21.5. The van der Waals surface area contributed by atoms with E-state index in [1.165, 1.54) is 11.4 Å². The first kappa shape index (κ1) is 17.9. The van der Waals surface area contributed by atoms with E-state index in [2.05, 4.69) is 10.1 Å². The molecule has 0 aliphatic carbocycles. The maximum atomic E-state index is 12.1. The number of hydrogen-bond acceptors (Lipinski definition) is 6. The Balaban J connectivity index is 2.46. The number of hydrogen-bond donors (Lipinski definition) is 2. The minimum atomic E-state index is -3.47. The van der Waals surface area contributed by atoms with Crippen LogP contribution in [0.15, 0.2) is 0 Å². The van der Waals surface area contributed by atoms with Gasteiger partial charge in [0.25, 0.3) is 0 Å². The number of rotatable bonds is 8. The first-order valence-electron chi connectivity index (χ1n) is 6.82. The third-order valence-corrected chi connectivity index (χ3v) is 5.21. The van der Waals surface area contributed by atoms with Gasteiger partial charge in [-0.2, -0.15) is 0 Å². The lowest BCUT2D eigenvalue weighted by molar-refractivity contribution is -0.140. The smallest absolute Gasteiger partial charge is 0.317 e. The number of carboxylic acid groups (broad SMARTS) is 1. The van der Waals surface area contributed by atoms with Crippen LogP contribution in [0.25, 0.3) is 0 Å². The highest BCUT2D eigenvalue weighted by molar-refractivity contribution is 7.89. The van der Waals surface area contributed by atoms with Gasteiger partial charge >= 0.3 is 11.9 Å². The van der Waals surface area contributed by atoms with E-state index in [4.69, 9.17) is 5.11 Å². The molecule has 8 nitrogen and oxygen atoms in total. The number of ether oxygens (including phenoxy) is 1. The third kappa shape index (κ3) is 6.40. The normalized spacial score (nSPS) is 20.1. The molecule has 0 radical (unpaired) electrons. The SMILES string of the molecule is COC(=O)CCS(=O)(=O)N1CCCC(CNCC(=O)O)C1. The molecule has 0 aromatic heterocycles. The van der Waals surface area contributed by atoms with E-state index in [9.17, 15) is 18.0 Å². The number of sulfonamides is 1. The Kier molecular flexibility index (Phi) is 7.06. The van der Waals surface area contributed by atoms with Crippen molar-refractivity contribution in [2.75, 3.05) is 39.0 Å². The molecular formula is C12H22N2O6S. The molecule has 2 N–H and O–H groups in total. The largest absolute Gasteiger partial charge is 0.480 e. The van der Waals surface area contributed by atoms with Gasteiger partial charge in [0.15, 0.2) is 0 Å². The molecule has 1 heterocycles. The number of piperidine rings is 1. The van der Waals surface area contributed by atoms with E-state index in [1.54, 1.807) is 0 Å². The lowest BCUT2D eigenvalue weighted by Gasteiger charge is -2.31. The molecule has 9 heteroatoms. The molecule has 1 saturated heterocycles. The molecule has 1 unspecified atom stereocenters. The van der Waals surface area contributed by atoms with Crippen LogP contribution in [0.3, 0.4) is 0 Å². The number of carbonyl (C=O) groups is 2. The molecule has 0 saturated carbocycles. The molecule has 0 aromatic carbocycles. The molecular weight excluding hydrogens is 300 g/mol. The van der Waals surface area contributed by atoms with E-state index >= 15 is 0 Å².